The predicted octanol–water partition coefficient (Wildman–Crippen LogP) is 3.54. The highest BCUT2D eigenvalue weighted by Crippen LogP contribution is 2.13. The van der Waals surface area contributed by atoms with Gasteiger partial charge in [-0.3, -0.25) is 4.90 Å². The van der Waals surface area contributed by atoms with Crippen molar-refractivity contribution < 1.29 is 0 Å². The average Bonchev–Trinajstić information content (AvgIpc) is 1.85. The number of rotatable bonds is 4. The minimum Gasteiger partial charge on any atom is -0.299 e. The Morgan fingerprint density at radius 1 is 0.917 bits per heavy atom. The van der Waals surface area contributed by atoms with E-state index in [1.165, 1.54) is 25.9 Å². The lowest BCUT2D eigenvalue weighted by Gasteiger charge is -2.35. The van der Waals surface area contributed by atoms with E-state index < -0.39 is 0 Å². The summed E-state index contributed by atoms with van der Waals surface area (Å²) < 4.78 is 0. The van der Waals surface area contributed by atoms with Crippen LogP contribution in [-0.4, -0.2) is 23.5 Å². The van der Waals surface area contributed by atoms with Crippen molar-refractivity contribution in [1.29, 1.82) is 0 Å². The normalized spacial score (nSPS) is 11.5. The van der Waals surface area contributed by atoms with E-state index >= 15 is 0 Å². The molecule has 0 N–H and O–H groups in total. The van der Waals surface area contributed by atoms with Crippen molar-refractivity contribution in [2.24, 2.45) is 0 Å². The van der Waals surface area contributed by atoms with Gasteiger partial charge in [0.2, 0.25) is 0 Å². The van der Waals surface area contributed by atoms with Gasteiger partial charge >= 0.3 is 0 Å². The van der Waals surface area contributed by atoms with E-state index in [4.69, 9.17) is 0 Å². The first-order valence-corrected chi connectivity index (χ1v) is 4.77. The fourth-order valence-electron chi connectivity index (χ4n) is 1.32. The second-order valence-electron chi connectivity index (χ2n) is 4.16. The number of hydrogen-bond donors (Lipinski definition) is 0. The van der Waals surface area contributed by atoms with Crippen LogP contribution >= 0.6 is 0 Å². The molecule has 0 saturated heterocycles. The van der Waals surface area contributed by atoms with Crippen molar-refractivity contribution >= 4 is 0 Å². The lowest BCUT2D eigenvalue weighted by Crippen LogP contribution is -2.42. The van der Waals surface area contributed by atoms with Gasteiger partial charge in [-0.25, -0.2) is 0 Å². The molecule has 0 fully saturated rings. The zero-order valence-electron chi connectivity index (χ0n) is 8.78. The van der Waals surface area contributed by atoms with Crippen LogP contribution in [0, 0.1) is 0 Å². The van der Waals surface area contributed by atoms with Crippen LogP contribution in [0.15, 0.2) is 0 Å². The molecule has 0 heterocycles. The van der Waals surface area contributed by atoms with Crippen molar-refractivity contribution in [3.8, 4) is 0 Å². The molecule has 0 spiro atoms. The quantitative estimate of drug-likeness (QED) is 0.628. The monoisotopic (exact) mass is 173 g/mol. The van der Waals surface area contributed by atoms with Crippen LogP contribution in [0.2, 0.25) is 0 Å². The highest BCUT2D eigenvalue weighted by atomic mass is 15.2. The molecule has 0 aromatic rings. The third-order valence-electron chi connectivity index (χ3n) is 1.94. The number of hydrogen-bond acceptors (Lipinski definition) is 1. The fraction of sp³-hybridized carbons (Fsp3) is 1.00. The molecule has 0 amide bonds. The maximum Gasteiger partial charge on any atom is 0.0125 e. The van der Waals surface area contributed by atoms with E-state index in [2.05, 4.69) is 39.5 Å². The summed E-state index contributed by atoms with van der Waals surface area (Å²) in [7, 11) is 0. The van der Waals surface area contributed by atoms with Crippen LogP contribution in [0.5, 0.6) is 0 Å². The molecule has 0 aromatic heterocycles. The zero-order chi connectivity index (χ0) is 8.91. The van der Waals surface area contributed by atoms with Gasteiger partial charge in [0.1, 0.15) is 0 Å². The summed E-state index contributed by atoms with van der Waals surface area (Å²) in [5.74, 6) is 0. The van der Waals surface area contributed by atoms with Crippen LogP contribution in [0.4, 0.5) is 0 Å². The lowest BCUT2D eigenvalue weighted by molar-refractivity contribution is 0.137. The summed E-state index contributed by atoms with van der Waals surface area (Å²) in [4.78, 5) is 2.55. The maximum atomic E-state index is 2.55. The van der Waals surface area contributed by atoms with Crippen LogP contribution in [-0.2, 0) is 0 Å². The SMILES string of the molecule is C.CCCN(CCC)C(C)(C)C. The van der Waals surface area contributed by atoms with Crippen LogP contribution in [0.3, 0.4) is 0 Å². The highest BCUT2D eigenvalue weighted by molar-refractivity contribution is 4.74. The van der Waals surface area contributed by atoms with Gasteiger partial charge in [0, 0.05) is 5.54 Å². The predicted molar refractivity (Wildman–Crippen MR) is 58.6 cm³/mol. The minimum absolute atomic E-state index is 0. The Morgan fingerprint density at radius 3 is 1.42 bits per heavy atom. The van der Waals surface area contributed by atoms with Crippen LogP contribution in [0.1, 0.15) is 54.9 Å². The van der Waals surface area contributed by atoms with E-state index in [-0.39, 0.29) is 7.43 Å². The molecule has 0 atom stereocenters. The smallest absolute Gasteiger partial charge is 0.0125 e. The largest absolute Gasteiger partial charge is 0.299 e. The molecule has 0 unspecified atom stereocenters. The van der Waals surface area contributed by atoms with Gasteiger partial charge in [-0.2, -0.15) is 0 Å². The van der Waals surface area contributed by atoms with Gasteiger partial charge < -0.3 is 0 Å². The summed E-state index contributed by atoms with van der Waals surface area (Å²) in [6, 6.07) is 0. The third-order valence-corrected chi connectivity index (χ3v) is 1.94. The Labute approximate surface area is 79.2 Å². The summed E-state index contributed by atoms with van der Waals surface area (Å²) in [5, 5.41) is 0. The van der Waals surface area contributed by atoms with Crippen molar-refractivity contribution in [3.05, 3.63) is 0 Å². The van der Waals surface area contributed by atoms with Gasteiger partial charge in [0.05, 0.1) is 0 Å². The Balaban J connectivity index is 0. The molecular weight excluding hydrogens is 146 g/mol. The summed E-state index contributed by atoms with van der Waals surface area (Å²) in [5.41, 5.74) is 0.353. The molecule has 0 rings (SSSR count). The molecule has 1 nitrogen and oxygen atoms in total. The minimum atomic E-state index is 0. The summed E-state index contributed by atoms with van der Waals surface area (Å²) in [6.07, 6.45) is 2.52. The van der Waals surface area contributed by atoms with Crippen molar-refractivity contribution in [1.82, 2.24) is 4.90 Å². The van der Waals surface area contributed by atoms with Gasteiger partial charge in [-0.15, -0.1) is 0 Å². The Bertz CT molecular complexity index is 85.7. The maximum absolute atomic E-state index is 2.55. The van der Waals surface area contributed by atoms with Crippen LogP contribution in [0.25, 0.3) is 0 Å². The third kappa shape index (κ3) is 5.59. The molecule has 12 heavy (non-hydrogen) atoms. The first-order chi connectivity index (χ1) is 5.02. The van der Waals surface area contributed by atoms with Crippen molar-refractivity contribution in [2.75, 3.05) is 13.1 Å². The second kappa shape index (κ2) is 6.47. The molecule has 0 bridgehead atoms. The van der Waals surface area contributed by atoms with E-state index in [1.54, 1.807) is 0 Å². The molecule has 0 aromatic carbocycles. The first-order valence-electron chi connectivity index (χ1n) is 4.77. The molecular formula is C11H27N. The molecule has 0 aliphatic rings. The standard InChI is InChI=1S/C10H23N.CH4/c1-6-8-11(9-7-2)10(3,4)5;/h6-9H2,1-5H3;1H4. The van der Waals surface area contributed by atoms with Crippen molar-refractivity contribution in [2.45, 2.75) is 60.4 Å². The van der Waals surface area contributed by atoms with Crippen molar-refractivity contribution in [3.63, 3.8) is 0 Å². The zero-order valence-corrected chi connectivity index (χ0v) is 8.78. The van der Waals surface area contributed by atoms with E-state index in [9.17, 15) is 0 Å². The van der Waals surface area contributed by atoms with Gasteiger partial charge in [0.15, 0.2) is 0 Å². The van der Waals surface area contributed by atoms with Gasteiger partial charge in [-0.05, 0) is 46.7 Å². The fourth-order valence-corrected chi connectivity index (χ4v) is 1.32. The Morgan fingerprint density at radius 2 is 1.25 bits per heavy atom. The lowest BCUT2D eigenvalue weighted by atomic mass is 10.1. The average molecular weight is 173 g/mol. The highest BCUT2D eigenvalue weighted by Gasteiger charge is 2.18. The molecule has 76 valence electrons. The topological polar surface area (TPSA) is 3.24 Å². The number of nitrogens with zero attached hydrogens (tertiary/aromatic N) is 1. The second-order valence-corrected chi connectivity index (χ2v) is 4.16. The van der Waals surface area contributed by atoms with E-state index in [0.717, 1.165) is 0 Å². The van der Waals surface area contributed by atoms with Crippen LogP contribution < -0.4 is 0 Å². The molecule has 0 aliphatic carbocycles. The summed E-state index contributed by atoms with van der Waals surface area (Å²) >= 11 is 0. The molecule has 0 aliphatic heterocycles. The molecule has 0 saturated carbocycles. The van der Waals surface area contributed by atoms with Gasteiger partial charge in [0.25, 0.3) is 0 Å². The summed E-state index contributed by atoms with van der Waals surface area (Å²) in [6.45, 7) is 13.8. The molecule has 1 heteroatoms. The van der Waals surface area contributed by atoms with E-state index in [0.29, 0.717) is 5.54 Å². The van der Waals surface area contributed by atoms with Gasteiger partial charge in [-0.1, -0.05) is 21.3 Å². The Kier molecular flexibility index (Phi) is 7.81. The van der Waals surface area contributed by atoms with E-state index in [1.807, 2.05) is 0 Å². The first kappa shape index (κ1) is 14.5. The molecule has 0 radical (unpaired) electrons. The Hall–Kier alpha value is -0.0400.